The van der Waals surface area contributed by atoms with Gasteiger partial charge in [-0.25, -0.2) is 0 Å². The minimum Gasteiger partial charge on any atom is -0.370 e. The van der Waals surface area contributed by atoms with Crippen molar-refractivity contribution in [1.29, 1.82) is 5.26 Å². The first kappa shape index (κ1) is 13.5. The van der Waals surface area contributed by atoms with Crippen molar-refractivity contribution in [3.05, 3.63) is 29.3 Å². The molecular formula is C17H23N3. The van der Waals surface area contributed by atoms with Crippen molar-refractivity contribution in [2.45, 2.75) is 38.6 Å². The lowest BCUT2D eigenvalue weighted by Crippen LogP contribution is -2.41. The van der Waals surface area contributed by atoms with Crippen LogP contribution < -0.4 is 10.2 Å². The lowest BCUT2D eigenvalue weighted by atomic mass is 9.88. The summed E-state index contributed by atoms with van der Waals surface area (Å²) < 4.78 is 0. The molecule has 2 heterocycles. The fraction of sp³-hybridized carbons (Fsp3) is 0.588. The van der Waals surface area contributed by atoms with Crippen molar-refractivity contribution in [3.8, 4) is 6.07 Å². The largest absolute Gasteiger partial charge is 0.370 e. The van der Waals surface area contributed by atoms with Crippen molar-refractivity contribution in [1.82, 2.24) is 5.32 Å². The summed E-state index contributed by atoms with van der Waals surface area (Å²) in [5.74, 6) is 0.823. The van der Waals surface area contributed by atoms with Gasteiger partial charge in [-0.15, -0.1) is 0 Å². The summed E-state index contributed by atoms with van der Waals surface area (Å²) in [6, 6.07) is 9.11. The third-order valence-electron chi connectivity index (χ3n) is 4.88. The number of rotatable bonds is 2. The van der Waals surface area contributed by atoms with Crippen LogP contribution >= 0.6 is 0 Å². The average Bonchev–Trinajstić information content (AvgIpc) is 3.01. The molecule has 0 saturated carbocycles. The van der Waals surface area contributed by atoms with E-state index in [2.05, 4.69) is 29.3 Å². The number of hydrogen-bond acceptors (Lipinski definition) is 3. The molecule has 1 unspecified atom stereocenters. The zero-order chi connectivity index (χ0) is 13.9. The number of anilines is 1. The minimum absolute atomic E-state index is 0.740. The number of hydrogen-bond donors (Lipinski definition) is 1. The van der Waals surface area contributed by atoms with Crippen molar-refractivity contribution in [3.63, 3.8) is 0 Å². The monoisotopic (exact) mass is 269 g/mol. The molecule has 3 nitrogen and oxygen atoms in total. The smallest absolute Gasteiger partial charge is 0.101 e. The molecule has 0 amide bonds. The first-order chi connectivity index (χ1) is 9.79. The molecule has 0 bridgehead atoms. The summed E-state index contributed by atoms with van der Waals surface area (Å²) in [6.45, 7) is 5.48. The van der Waals surface area contributed by atoms with Crippen LogP contribution in [0.4, 0.5) is 5.69 Å². The maximum Gasteiger partial charge on any atom is 0.101 e. The van der Waals surface area contributed by atoms with E-state index < -0.39 is 0 Å². The fourth-order valence-corrected chi connectivity index (χ4v) is 3.81. The standard InChI is InChI=1S/C17H23N3/c1-13-4-2-5-15(12-18)17(13)20-10-7-14(8-11-20)16-6-3-9-19-16/h2,4-5,14,16,19H,3,6-11H2,1H3. The third-order valence-corrected chi connectivity index (χ3v) is 4.88. The van der Waals surface area contributed by atoms with Crippen LogP contribution in [0.2, 0.25) is 0 Å². The van der Waals surface area contributed by atoms with Gasteiger partial charge in [-0.1, -0.05) is 12.1 Å². The summed E-state index contributed by atoms with van der Waals surface area (Å²) in [7, 11) is 0. The molecule has 2 saturated heterocycles. The Labute approximate surface area is 121 Å². The zero-order valence-electron chi connectivity index (χ0n) is 12.2. The number of piperidine rings is 1. The van der Waals surface area contributed by atoms with Crippen LogP contribution in [0.25, 0.3) is 0 Å². The van der Waals surface area contributed by atoms with Gasteiger partial charge < -0.3 is 10.2 Å². The highest BCUT2D eigenvalue weighted by atomic mass is 15.1. The van der Waals surface area contributed by atoms with Crippen molar-refractivity contribution >= 4 is 5.69 Å². The SMILES string of the molecule is Cc1cccc(C#N)c1N1CCC(C2CCCN2)CC1. The second-order valence-electron chi connectivity index (χ2n) is 6.11. The van der Waals surface area contributed by atoms with Crippen LogP contribution in [0.3, 0.4) is 0 Å². The van der Waals surface area contributed by atoms with Crippen LogP contribution in [-0.2, 0) is 0 Å². The van der Waals surface area contributed by atoms with E-state index in [1.54, 1.807) is 0 Å². The molecule has 2 aliphatic rings. The lowest BCUT2D eigenvalue weighted by Gasteiger charge is -2.37. The molecule has 2 aliphatic heterocycles. The van der Waals surface area contributed by atoms with Gasteiger partial charge in [0.15, 0.2) is 0 Å². The Morgan fingerprint density at radius 3 is 2.70 bits per heavy atom. The maximum absolute atomic E-state index is 9.31. The highest BCUT2D eigenvalue weighted by Crippen LogP contribution is 2.31. The predicted molar refractivity (Wildman–Crippen MR) is 81.9 cm³/mol. The number of nitrogens with zero attached hydrogens (tertiary/aromatic N) is 2. The molecule has 0 aromatic heterocycles. The summed E-state index contributed by atoms with van der Waals surface area (Å²) >= 11 is 0. The molecule has 1 N–H and O–H groups in total. The topological polar surface area (TPSA) is 39.1 Å². The van der Waals surface area contributed by atoms with Gasteiger partial charge in [0.2, 0.25) is 0 Å². The molecule has 0 aliphatic carbocycles. The van der Waals surface area contributed by atoms with E-state index in [1.807, 2.05) is 12.1 Å². The van der Waals surface area contributed by atoms with Crippen molar-refractivity contribution in [2.24, 2.45) is 5.92 Å². The number of aryl methyl sites for hydroxylation is 1. The Morgan fingerprint density at radius 1 is 1.25 bits per heavy atom. The molecule has 2 fully saturated rings. The molecule has 20 heavy (non-hydrogen) atoms. The van der Waals surface area contributed by atoms with Gasteiger partial charge in [-0.2, -0.15) is 5.26 Å². The summed E-state index contributed by atoms with van der Waals surface area (Å²) in [5.41, 5.74) is 3.21. The Hall–Kier alpha value is -1.53. The van der Waals surface area contributed by atoms with Gasteiger partial charge >= 0.3 is 0 Å². The second kappa shape index (κ2) is 5.85. The van der Waals surface area contributed by atoms with Crippen LogP contribution in [0.5, 0.6) is 0 Å². The molecule has 106 valence electrons. The number of nitrogens with one attached hydrogen (secondary N) is 1. The zero-order valence-corrected chi connectivity index (χ0v) is 12.2. The maximum atomic E-state index is 9.31. The minimum atomic E-state index is 0.740. The van der Waals surface area contributed by atoms with Gasteiger partial charge in [0.05, 0.1) is 11.3 Å². The number of para-hydroxylation sites is 1. The van der Waals surface area contributed by atoms with E-state index in [4.69, 9.17) is 0 Å². The van der Waals surface area contributed by atoms with Crippen LogP contribution in [0.15, 0.2) is 18.2 Å². The van der Waals surface area contributed by atoms with Crippen molar-refractivity contribution in [2.75, 3.05) is 24.5 Å². The lowest BCUT2D eigenvalue weighted by molar-refractivity contribution is 0.319. The Morgan fingerprint density at radius 2 is 2.05 bits per heavy atom. The van der Waals surface area contributed by atoms with E-state index in [1.165, 1.54) is 37.8 Å². The molecule has 0 spiro atoms. The molecule has 1 atom stereocenters. The first-order valence-corrected chi connectivity index (χ1v) is 7.77. The van der Waals surface area contributed by atoms with Gasteiger partial charge in [0, 0.05) is 19.1 Å². The van der Waals surface area contributed by atoms with E-state index in [-0.39, 0.29) is 0 Å². The molecule has 1 aromatic rings. The average molecular weight is 269 g/mol. The Balaban J connectivity index is 1.70. The second-order valence-corrected chi connectivity index (χ2v) is 6.11. The van der Waals surface area contributed by atoms with Crippen LogP contribution in [-0.4, -0.2) is 25.7 Å². The Kier molecular flexibility index (Phi) is 3.93. The normalized spacial score (nSPS) is 23.8. The number of benzene rings is 1. The number of nitriles is 1. The van der Waals surface area contributed by atoms with E-state index in [0.29, 0.717) is 0 Å². The van der Waals surface area contributed by atoms with Crippen LogP contribution in [0.1, 0.15) is 36.8 Å². The predicted octanol–water partition coefficient (Wildman–Crippen LogP) is 2.84. The summed E-state index contributed by atoms with van der Waals surface area (Å²) in [4.78, 5) is 2.42. The van der Waals surface area contributed by atoms with Gasteiger partial charge in [0.1, 0.15) is 6.07 Å². The van der Waals surface area contributed by atoms with E-state index in [0.717, 1.165) is 36.3 Å². The highest BCUT2D eigenvalue weighted by Gasteiger charge is 2.29. The van der Waals surface area contributed by atoms with Gasteiger partial charge in [-0.05, 0) is 56.7 Å². The first-order valence-electron chi connectivity index (χ1n) is 7.77. The van der Waals surface area contributed by atoms with E-state index >= 15 is 0 Å². The van der Waals surface area contributed by atoms with Gasteiger partial charge in [-0.3, -0.25) is 0 Å². The molecule has 1 aromatic carbocycles. The van der Waals surface area contributed by atoms with E-state index in [9.17, 15) is 5.26 Å². The summed E-state index contributed by atoms with van der Waals surface area (Å²) in [6.07, 6.45) is 5.17. The molecule has 0 radical (unpaired) electrons. The molecule has 3 rings (SSSR count). The summed E-state index contributed by atoms with van der Waals surface area (Å²) in [5, 5.41) is 13.0. The van der Waals surface area contributed by atoms with Gasteiger partial charge in [0.25, 0.3) is 0 Å². The third kappa shape index (κ3) is 2.53. The van der Waals surface area contributed by atoms with Crippen molar-refractivity contribution < 1.29 is 0 Å². The van der Waals surface area contributed by atoms with Crippen LogP contribution in [0, 0.1) is 24.2 Å². The fourth-order valence-electron chi connectivity index (χ4n) is 3.81. The highest BCUT2D eigenvalue weighted by molar-refractivity contribution is 5.64. The molecule has 3 heteroatoms. The molecular weight excluding hydrogens is 246 g/mol. The Bertz CT molecular complexity index is 503. The quantitative estimate of drug-likeness (QED) is 0.897.